The molecule has 4 rings (SSSR count). The highest BCUT2D eigenvalue weighted by atomic mass is 79.9. The maximum Gasteiger partial charge on any atom is 0.193 e. The van der Waals surface area contributed by atoms with Crippen molar-refractivity contribution < 1.29 is 0 Å². The van der Waals surface area contributed by atoms with Gasteiger partial charge < -0.3 is 4.98 Å². The van der Waals surface area contributed by atoms with Crippen LogP contribution < -0.4 is 5.43 Å². The van der Waals surface area contributed by atoms with E-state index in [1.807, 2.05) is 54.6 Å². The van der Waals surface area contributed by atoms with Gasteiger partial charge in [-0.05, 0) is 51.3 Å². The SMILES string of the molecule is O=c1c(Cc2ccncc2)c(-c2ccccc2)[nH]c2c(Br)cc(Br)cc12. The number of nitrogens with zero attached hydrogens (tertiary/aromatic N) is 1. The highest BCUT2D eigenvalue weighted by Crippen LogP contribution is 2.30. The fourth-order valence-corrected chi connectivity index (χ4v) is 4.41. The molecule has 0 bridgehead atoms. The van der Waals surface area contributed by atoms with Crippen LogP contribution in [0.3, 0.4) is 0 Å². The largest absolute Gasteiger partial charge is 0.353 e. The first-order valence-electron chi connectivity index (χ1n) is 8.11. The van der Waals surface area contributed by atoms with Gasteiger partial charge >= 0.3 is 0 Å². The zero-order valence-electron chi connectivity index (χ0n) is 13.7. The van der Waals surface area contributed by atoms with E-state index in [1.54, 1.807) is 12.4 Å². The summed E-state index contributed by atoms with van der Waals surface area (Å²) < 4.78 is 1.72. The standard InChI is InChI=1S/C21H14Br2N2O/c22-15-11-17-20(18(23)12-15)25-19(14-4-2-1-3-5-14)16(21(17)26)10-13-6-8-24-9-7-13/h1-9,11-12H,10H2,(H,25,26). The minimum atomic E-state index is 0.0383. The predicted octanol–water partition coefficient (Wildman–Crippen LogP) is 5.71. The molecule has 0 amide bonds. The van der Waals surface area contributed by atoms with Crippen molar-refractivity contribution >= 4 is 42.8 Å². The Hall–Kier alpha value is -2.24. The van der Waals surface area contributed by atoms with Crippen LogP contribution in [0.15, 0.2) is 80.7 Å². The van der Waals surface area contributed by atoms with E-state index in [-0.39, 0.29) is 5.43 Å². The molecule has 0 unspecified atom stereocenters. The normalized spacial score (nSPS) is 11.0. The first-order valence-corrected chi connectivity index (χ1v) is 9.70. The van der Waals surface area contributed by atoms with Crippen molar-refractivity contribution in [3.05, 3.63) is 97.3 Å². The number of halogens is 2. The monoisotopic (exact) mass is 468 g/mol. The number of rotatable bonds is 3. The van der Waals surface area contributed by atoms with Crippen molar-refractivity contribution in [2.24, 2.45) is 0 Å². The van der Waals surface area contributed by atoms with Crippen LogP contribution in [0.1, 0.15) is 11.1 Å². The van der Waals surface area contributed by atoms with Crippen LogP contribution in [0.2, 0.25) is 0 Å². The highest BCUT2D eigenvalue weighted by Gasteiger charge is 2.16. The summed E-state index contributed by atoms with van der Waals surface area (Å²) >= 11 is 7.05. The summed E-state index contributed by atoms with van der Waals surface area (Å²) in [5, 5.41) is 0.662. The summed E-state index contributed by atoms with van der Waals surface area (Å²) in [5.74, 6) is 0. The Bertz CT molecular complexity index is 1140. The zero-order chi connectivity index (χ0) is 18.1. The molecule has 0 aliphatic heterocycles. The molecule has 2 heterocycles. The van der Waals surface area contributed by atoms with Crippen LogP contribution in [-0.2, 0) is 6.42 Å². The van der Waals surface area contributed by atoms with Crippen molar-refractivity contribution in [1.82, 2.24) is 9.97 Å². The molecular weight excluding hydrogens is 456 g/mol. The molecule has 2 aromatic heterocycles. The summed E-state index contributed by atoms with van der Waals surface area (Å²) in [6.45, 7) is 0. The molecule has 0 atom stereocenters. The number of H-pyrrole nitrogens is 1. The number of hydrogen-bond acceptors (Lipinski definition) is 2. The maximum atomic E-state index is 13.4. The number of aromatic amines is 1. The molecule has 4 aromatic rings. The van der Waals surface area contributed by atoms with Gasteiger partial charge in [-0.3, -0.25) is 9.78 Å². The lowest BCUT2D eigenvalue weighted by Gasteiger charge is -2.13. The van der Waals surface area contributed by atoms with Gasteiger partial charge in [-0.15, -0.1) is 0 Å². The average molecular weight is 470 g/mol. The molecule has 0 radical (unpaired) electrons. The summed E-state index contributed by atoms with van der Waals surface area (Å²) in [6.07, 6.45) is 4.04. The molecular formula is C21H14Br2N2O. The molecule has 3 nitrogen and oxygen atoms in total. The van der Waals surface area contributed by atoms with Crippen LogP contribution in [0.5, 0.6) is 0 Å². The van der Waals surface area contributed by atoms with Gasteiger partial charge in [0.05, 0.1) is 11.2 Å². The molecule has 1 N–H and O–H groups in total. The van der Waals surface area contributed by atoms with Gasteiger partial charge in [-0.2, -0.15) is 0 Å². The van der Waals surface area contributed by atoms with Gasteiger partial charge in [0, 0.05) is 38.7 Å². The first kappa shape index (κ1) is 17.2. The van der Waals surface area contributed by atoms with Gasteiger partial charge in [0.25, 0.3) is 0 Å². The maximum absolute atomic E-state index is 13.4. The van der Waals surface area contributed by atoms with Crippen LogP contribution in [-0.4, -0.2) is 9.97 Å². The topological polar surface area (TPSA) is 45.8 Å². The van der Waals surface area contributed by atoms with E-state index in [9.17, 15) is 4.79 Å². The Morgan fingerprint density at radius 3 is 2.42 bits per heavy atom. The number of hydrogen-bond donors (Lipinski definition) is 1. The fraction of sp³-hybridized carbons (Fsp3) is 0.0476. The summed E-state index contributed by atoms with van der Waals surface area (Å²) in [5.41, 5.74) is 4.48. The van der Waals surface area contributed by atoms with Crippen molar-refractivity contribution in [2.75, 3.05) is 0 Å². The molecule has 0 spiro atoms. The minimum absolute atomic E-state index is 0.0383. The fourth-order valence-electron chi connectivity index (χ4n) is 3.08. The van der Waals surface area contributed by atoms with Crippen molar-refractivity contribution in [1.29, 1.82) is 0 Å². The number of nitrogens with one attached hydrogen (secondary N) is 1. The summed E-state index contributed by atoms with van der Waals surface area (Å²) in [4.78, 5) is 20.9. The lowest BCUT2D eigenvalue weighted by Crippen LogP contribution is -2.14. The molecule has 0 fully saturated rings. The van der Waals surface area contributed by atoms with Crippen LogP contribution in [0, 0.1) is 0 Å². The third-order valence-corrected chi connectivity index (χ3v) is 5.40. The number of pyridine rings is 2. The van der Waals surface area contributed by atoms with E-state index in [1.165, 1.54) is 0 Å². The lowest BCUT2D eigenvalue weighted by atomic mass is 9.97. The van der Waals surface area contributed by atoms with E-state index in [0.29, 0.717) is 11.8 Å². The van der Waals surface area contributed by atoms with Crippen molar-refractivity contribution in [3.8, 4) is 11.3 Å². The molecule has 0 saturated carbocycles. The molecule has 26 heavy (non-hydrogen) atoms. The number of aromatic nitrogens is 2. The summed E-state index contributed by atoms with van der Waals surface area (Å²) in [7, 11) is 0. The average Bonchev–Trinajstić information content (AvgIpc) is 2.66. The van der Waals surface area contributed by atoms with Crippen LogP contribution >= 0.6 is 31.9 Å². The quantitative estimate of drug-likeness (QED) is 0.418. The third kappa shape index (κ3) is 3.24. The second-order valence-corrected chi connectivity index (χ2v) is 7.79. The molecule has 0 aliphatic rings. The Kier molecular flexibility index (Phi) is 4.74. The molecule has 0 aliphatic carbocycles. The van der Waals surface area contributed by atoms with Crippen molar-refractivity contribution in [3.63, 3.8) is 0 Å². The second-order valence-electron chi connectivity index (χ2n) is 6.02. The highest BCUT2D eigenvalue weighted by molar-refractivity contribution is 9.11. The van der Waals surface area contributed by atoms with E-state index < -0.39 is 0 Å². The molecule has 128 valence electrons. The second kappa shape index (κ2) is 7.17. The van der Waals surface area contributed by atoms with Gasteiger partial charge in [0.15, 0.2) is 5.43 Å². The number of fused-ring (bicyclic) bond motifs is 1. The molecule has 2 aromatic carbocycles. The van der Waals surface area contributed by atoms with E-state index in [0.717, 1.165) is 36.8 Å². The molecule has 0 saturated heterocycles. The van der Waals surface area contributed by atoms with Crippen molar-refractivity contribution in [2.45, 2.75) is 6.42 Å². The Labute approximate surface area is 167 Å². The Balaban J connectivity index is 2.03. The predicted molar refractivity (Wildman–Crippen MR) is 112 cm³/mol. The Morgan fingerprint density at radius 2 is 1.69 bits per heavy atom. The van der Waals surface area contributed by atoms with Gasteiger partial charge in [0.2, 0.25) is 0 Å². The lowest BCUT2D eigenvalue weighted by molar-refractivity contribution is 1.13. The third-order valence-electron chi connectivity index (χ3n) is 4.32. The minimum Gasteiger partial charge on any atom is -0.353 e. The van der Waals surface area contributed by atoms with Gasteiger partial charge in [-0.25, -0.2) is 0 Å². The van der Waals surface area contributed by atoms with Crippen LogP contribution in [0.25, 0.3) is 22.2 Å². The molecule has 5 heteroatoms. The first-order chi connectivity index (χ1) is 12.6. The van der Waals surface area contributed by atoms with Gasteiger partial charge in [-0.1, -0.05) is 46.3 Å². The summed E-state index contributed by atoms with van der Waals surface area (Å²) in [6, 6.07) is 17.6. The van der Waals surface area contributed by atoms with E-state index >= 15 is 0 Å². The Morgan fingerprint density at radius 1 is 0.962 bits per heavy atom. The van der Waals surface area contributed by atoms with E-state index in [2.05, 4.69) is 41.8 Å². The van der Waals surface area contributed by atoms with Crippen LogP contribution in [0.4, 0.5) is 0 Å². The van der Waals surface area contributed by atoms with Gasteiger partial charge in [0.1, 0.15) is 0 Å². The van der Waals surface area contributed by atoms with E-state index in [4.69, 9.17) is 0 Å². The number of benzene rings is 2. The smallest absolute Gasteiger partial charge is 0.193 e. The zero-order valence-corrected chi connectivity index (χ0v) is 16.8.